The number of piperidine rings is 2. The summed E-state index contributed by atoms with van der Waals surface area (Å²) in [5.41, 5.74) is 0. The van der Waals surface area contributed by atoms with Gasteiger partial charge in [0.15, 0.2) is 0 Å². The van der Waals surface area contributed by atoms with Gasteiger partial charge in [-0.3, -0.25) is 14.5 Å². The molecule has 0 bridgehead atoms. The minimum atomic E-state index is 0.0904. The van der Waals surface area contributed by atoms with Crippen LogP contribution in [-0.2, 0) is 16.1 Å². The van der Waals surface area contributed by atoms with Crippen molar-refractivity contribution in [3.63, 3.8) is 0 Å². The standard InChI is InChI=1S/C20H31N5O2/c26-19(22-8-13-23-12-7-21-15-23)17-2-1-9-25(14-17)18-5-10-24(11-6-18)20(27)16-3-4-16/h7,12,15-18H,1-6,8-11,13-14H2,(H,22,26)/t17-/m0/s1. The molecule has 1 aliphatic carbocycles. The van der Waals surface area contributed by atoms with Crippen LogP contribution in [0.2, 0.25) is 0 Å². The third-order valence-electron chi connectivity index (χ3n) is 6.27. The number of nitrogens with one attached hydrogen (secondary N) is 1. The molecule has 7 nitrogen and oxygen atoms in total. The van der Waals surface area contributed by atoms with Crippen LogP contribution >= 0.6 is 0 Å². The summed E-state index contributed by atoms with van der Waals surface area (Å²) in [6.45, 7) is 5.12. The van der Waals surface area contributed by atoms with Gasteiger partial charge in [-0.1, -0.05) is 0 Å². The van der Waals surface area contributed by atoms with E-state index >= 15 is 0 Å². The third kappa shape index (κ3) is 4.69. The number of carbonyl (C=O) groups excluding carboxylic acids is 2. The fraction of sp³-hybridized carbons (Fsp3) is 0.750. The average molecular weight is 374 g/mol. The lowest BCUT2D eigenvalue weighted by atomic mass is 9.93. The molecular formula is C20H31N5O2. The Morgan fingerprint density at radius 1 is 1.04 bits per heavy atom. The molecule has 3 heterocycles. The van der Waals surface area contributed by atoms with Crippen molar-refractivity contribution in [2.45, 2.75) is 51.1 Å². The second-order valence-corrected chi connectivity index (χ2v) is 8.26. The lowest BCUT2D eigenvalue weighted by Gasteiger charge is -2.42. The molecule has 0 aromatic carbocycles. The van der Waals surface area contributed by atoms with Crippen LogP contribution in [0, 0.1) is 11.8 Å². The molecule has 0 radical (unpaired) electrons. The number of rotatable bonds is 6. The molecule has 1 N–H and O–H groups in total. The van der Waals surface area contributed by atoms with Crippen molar-refractivity contribution in [2.24, 2.45) is 11.8 Å². The van der Waals surface area contributed by atoms with E-state index in [9.17, 15) is 9.59 Å². The summed E-state index contributed by atoms with van der Waals surface area (Å²) < 4.78 is 1.98. The molecule has 2 aliphatic heterocycles. The van der Waals surface area contributed by atoms with E-state index in [1.165, 1.54) is 0 Å². The number of aromatic nitrogens is 2. The van der Waals surface area contributed by atoms with Crippen LogP contribution in [0.15, 0.2) is 18.7 Å². The normalized spacial score (nSPS) is 24.7. The molecule has 3 fully saturated rings. The van der Waals surface area contributed by atoms with Crippen LogP contribution in [-0.4, -0.2) is 69.9 Å². The lowest BCUT2D eigenvalue weighted by molar-refractivity contribution is -0.134. The summed E-state index contributed by atoms with van der Waals surface area (Å²) in [6, 6.07) is 0.523. The second kappa shape index (κ2) is 8.42. The Labute approximate surface area is 161 Å². The summed E-state index contributed by atoms with van der Waals surface area (Å²) >= 11 is 0. The van der Waals surface area contributed by atoms with Gasteiger partial charge < -0.3 is 14.8 Å². The highest BCUT2D eigenvalue weighted by molar-refractivity contribution is 5.81. The van der Waals surface area contributed by atoms with Gasteiger partial charge in [-0.2, -0.15) is 0 Å². The first-order valence-electron chi connectivity index (χ1n) is 10.5. The van der Waals surface area contributed by atoms with E-state index in [0.717, 1.165) is 71.2 Å². The number of carbonyl (C=O) groups is 2. The quantitative estimate of drug-likeness (QED) is 0.811. The molecule has 0 unspecified atom stereocenters. The number of hydrogen-bond donors (Lipinski definition) is 1. The molecule has 2 amide bonds. The van der Waals surface area contributed by atoms with Crippen LogP contribution < -0.4 is 5.32 Å². The molecule has 1 saturated carbocycles. The zero-order chi connectivity index (χ0) is 18.6. The van der Waals surface area contributed by atoms with Crippen molar-refractivity contribution in [2.75, 3.05) is 32.7 Å². The topological polar surface area (TPSA) is 70.5 Å². The number of likely N-dealkylation sites (tertiary alicyclic amines) is 2. The zero-order valence-corrected chi connectivity index (χ0v) is 16.1. The fourth-order valence-electron chi connectivity index (χ4n) is 4.46. The Hall–Kier alpha value is -1.89. The summed E-state index contributed by atoms with van der Waals surface area (Å²) in [5.74, 6) is 0.975. The van der Waals surface area contributed by atoms with Crippen molar-refractivity contribution in [3.05, 3.63) is 18.7 Å². The van der Waals surface area contributed by atoms with E-state index in [1.54, 1.807) is 12.5 Å². The summed E-state index contributed by atoms with van der Waals surface area (Å²) in [7, 11) is 0. The average Bonchev–Trinajstić information content (AvgIpc) is 3.44. The van der Waals surface area contributed by atoms with Crippen LogP contribution in [0.1, 0.15) is 38.5 Å². The molecule has 1 atom stereocenters. The second-order valence-electron chi connectivity index (χ2n) is 8.26. The maximum Gasteiger partial charge on any atom is 0.225 e. The Kier molecular flexibility index (Phi) is 5.76. The van der Waals surface area contributed by atoms with Gasteiger partial charge in [0, 0.05) is 57.1 Å². The minimum Gasteiger partial charge on any atom is -0.354 e. The van der Waals surface area contributed by atoms with Gasteiger partial charge >= 0.3 is 0 Å². The monoisotopic (exact) mass is 373 g/mol. The van der Waals surface area contributed by atoms with Crippen molar-refractivity contribution in [1.29, 1.82) is 0 Å². The summed E-state index contributed by atoms with van der Waals surface area (Å²) in [5, 5.41) is 3.09. The predicted molar refractivity (Wildman–Crippen MR) is 102 cm³/mol. The molecule has 1 aromatic rings. The predicted octanol–water partition coefficient (Wildman–Crippen LogP) is 1.11. The van der Waals surface area contributed by atoms with Crippen molar-refractivity contribution in [3.8, 4) is 0 Å². The molecule has 148 valence electrons. The van der Waals surface area contributed by atoms with E-state index < -0.39 is 0 Å². The third-order valence-corrected chi connectivity index (χ3v) is 6.27. The largest absolute Gasteiger partial charge is 0.354 e. The van der Waals surface area contributed by atoms with Crippen molar-refractivity contribution >= 4 is 11.8 Å². The zero-order valence-electron chi connectivity index (χ0n) is 16.1. The Morgan fingerprint density at radius 3 is 2.56 bits per heavy atom. The van der Waals surface area contributed by atoms with Gasteiger partial charge in [0.2, 0.25) is 11.8 Å². The number of hydrogen-bond acceptors (Lipinski definition) is 4. The van der Waals surface area contributed by atoms with Gasteiger partial charge in [0.1, 0.15) is 0 Å². The Balaban J connectivity index is 1.20. The van der Waals surface area contributed by atoms with E-state index in [0.29, 0.717) is 24.4 Å². The lowest BCUT2D eigenvalue weighted by Crippen LogP contribution is -2.51. The van der Waals surface area contributed by atoms with E-state index in [-0.39, 0.29) is 11.8 Å². The van der Waals surface area contributed by atoms with Crippen LogP contribution in [0.5, 0.6) is 0 Å². The maximum absolute atomic E-state index is 12.6. The van der Waals surface area contributed by atoms with Crippen molar-refractivity contribution in [1.82, 2.24) is 24.7 Å². The van der Waals surface area contributed by atoms with Gasteiger partial charge in [-0.15, -0.1) is 0 Å². The molecular weight excluding hydrogens is 342 g/mol. The Bertz CT molecular complexity index is 635. The molecule has 1 aromatic heterocycles. The van der Waals surface area contributed by atoms with Crippen molar-refractivity contribution < 1.29 is 9.59 Å². The number of nitrogens with zero attached hydrogens (tertiary/aromatic N) is 4. The van der Waals surface area contributed by atoms with E-state index in [1.807, 2.05) is 10.8 Å². The highest BCUT2D eigenvalue weighted by atomic mass is 16.2. The first kappa shape index (κ1) is 18.5. The van der Waals surface area contributed by atoms with Gasteiger partial charge in [0.05, 0.1) is 12.2 Å². The van der Waals surface area contributed by atoms with Crippen LogP contribution in [0.25, 0.3) is 0 Å². The SMILES string of the molecule is O=C(NCCn1ccnc1)[C@H]1CCCN(C2CCN(C(=O)C3CC3)CC2)C1. The first-order valence-corrected chi connectivity index (χ1v) is 10.5. The van der Waals surface area contributed by atoms with Gasteiger partial charge in [0.25, 0.3) is 0 Å². The highest BCUT2D eigenvalue weighted by Crippen LogP contribution is 2.32. The van der Waals surface area contributed by atoms with E-state index in [4.69, 9.17) is 0 Å². The summed E-state index contributed by atoms with van der Waals surface area (Å²) in [4.78, 5) is 33.4. The molecule has 2 saturated heterocycles. The highest BCUT2D eigenvalue weighted by Gasteiger charge is 2.37. The maximum atomic E-state index is 12.6. The molecule has 4 rings (SSSR count). The number of amides is 2. The fourth-order valence-corrected chi connectivity index (χ4v) is 4.46. The molecule has 0 spiro atoms. The Morgan fingerprint density at radius 2 is 1.85 bits per heavy atom. The van der Waals surface area contributed by atoms with Gasteiger partial charge in [-0.05, 0) is 45.1 Å². The van der Waals surface area contributed by atoms with Gasteiger partial charge in [-0.25, -0.2) is 4.98 Å². The first-order chi connectivity index (χ1) is 13.2. The summed E-state index contributed by atoms with van der Waals surface area (Å²) in [6.07, 6.45) is 11.8. The molecule has 3 aliphatic rings. The van der Waals surface area contributed by atoms with Crippen LogP contribution in [0.3, 0.4) is 0 Å². The smallest absolute Gasteiger partial charge is 0.225 e. The van der Waals surface area contributed by atoms with E-state index in [2.05, 4.69) is 20.1 Å². The number of imidazole rings is 1. The minimum absolute atomic E-state index is 0.0904. The molecule has 27 heavy (non-hydrogen) atoms. The van der Waals surface area contributed by atoms with Crippen LogP contribution in [0.4, 0.5) is 0 Å². The molecule has 7 heteroatoms.